The number of carbonyl (C=O) groups is 2. The smallest absolute Gasteiger partial charge is 0.494 e. The van der Waals surface area contributed by atoms with Crippen molar-refractivity contribution in [2.75, 3.05) is 78.7 Å². The van der Waals surface area contributed by atoms with Gasteiger partial charge in [0.2, 0.25) is 11.6 Å². The molecule has 620 valence electrons. The van der Waals surface area contributed by atoms with Crippen LogP contribution < -0.4 is 29.9 Å². The average Bonchev–Trinajstić information content (AvgIpc) is 1.72. The minimum absolute atomic E-state index is 0.0982. The Labute approximate surface area is 708 Å². The summed E-state index contributed by atoms with van der Waals surface area (Å²) < 4.78 is 77.3. The van der Waals surface area contributed by atoms with Gasteiger partial charge in [-0.15, -0.1) is 22.7 Å². The van der Waals surface area contributed by atoms with Crippen LogP contribution in [0.3, 0.4) is 0 Å². The highest BCUT2D eigenvalue weighted by Gasteiger charge is 2.53. The minimum Gasteiger partial charge on any atom is -0.508 e. The van der Waals surface area contributed by atoms with Gasteiger partial charge < -0.3 is 52.7 Å². The first kappa shape index (κ1) is 88.5. The number of aliphatic hydroxyl groups is 1. The molecule has 0 radical (unpaired) electrons. The summed E-state index contributed by atoms with van der Waals surface area (Å²) in [5.74, 6) is 2.47. The first-order chi connectivity index (χ1) is 56.5. The monoisotopic (exact) mass is 1660 g/mol. The third-order valence-electron chi connectivity index (χ3n) is 23.0. The number of aromatic hydroxyl groups is 1. The summed E-state index contributed by atoms with van der Waals surface area (Å²) in [6, 6.07) is 60.2. The van der Waals surface area contributed by atoms with Crippen LogP contribution in [0.1, 0.15) is 158 Å². The Hall–Kier alpha value is -8.80. The third kappa shape index (κ3) is 22.6. The van der Waals surface area contributed by atoms with E-state index in [4.69, 9.17) is 54.3 Å². The SMILES string of the molecule is CC1(C)OB(c2ccc(O)cc2)OC1(C)C.CC1(C)OB(c2ccc(OCCN3CCCC3)cc2)OC1(C)C.Cc1cc(F)cc(C)c1C(=O)c1sc2cc(OCc3ccccc3)ccc2c1-c1ccc(OCCN2CCCC2)cc1.Cc1cc(F)cc(C)c1C(=O)c1sc2cc(OCc3ccccc3)ccc2c1Cl.OCCN1CCCC1. The van der Waals surface area contributed by atoms with Gasteiger partial charge in [0, 0.05) is 56.5 Å². The lowest BCUT2D eigenvalue weighted by Gasteiger charge is -2.32. The molecule has 22 heteroatoms. The molecule has 2 aromatic heterocycles. The number of ketones is 2. The summed E-state index contributed by atoms with van der Waals surface area (Å²) in [6.45, 7) is 36.0. The maximum atomic E-state index is 14.1. The number of rotatable bonds is 23. The number of ether oxygens (including phenoxy) is 4. The largest absolute Gasteiger partial charge is 0.508 e. The highest BCUT2D eigenvalue weighted by atomic mass is 35.5. The highest BCUT2D eigenvalue weighted by molar-refractivity contribution is 7.22. The van der Waals surface area contributed by atoms with Gasteiger partial charge >= 0.3 is 14.2 Å². The Morgan fingerprint density at radius 3 is 1.19 bits per heavy atom. The highest BCUT2D eigenvalue weighted by Crippen LogP contribution is 2.45. The summed E-state index contributed by atoms with van der Waals surface area (Å²) in [4.78, 5) is 35.5. The van der Waals surface area contributed by atoms with Crippen LogP contribution in [0.2, 0.25) is 5.02 Å². The number of hydrogen-bond donors (Lipinski definition) is 2. The average molecular weight is 1660 g/mol. The zero-order valence-electron chi connectivity index (χ0n) is 70.0. The van der Waals surface area contributed by atoms with Crippen molar-refractivity contribution in [3.8, 4) is 39.9 Å². The Bertz CT molecular complexity index is 5090. The van der Waals surface area contributed by atoms with Gasteiger partial charge in [0.15, 0.2) is 0 Å². The predicted octanol–water partition coefficient (Wildman–Crippen LogP) is 20.0. The number of phenols is 1. The second-order valence-corrected chi connectivity index (χ2v) is 35.3. The quantitative estimate of drug-likeness (QED) is 0.0460. The maximum Gasteiger partial charge on any atom is 0.494 e. The number of halogens is 3. The zero-order chi connectivity index (χ0) is 83.9. The molecular weight excluding hydrogens is 1550 g/mol. The van der Waals surface area contributed by atoms with Crippen LogP contribution >= 0.6 is 34.3 Å². The molecule has 0 atom stereocenters. The zero-order valence-corrected chi connectivity index (χ0v) is 72.4. The first-order valence-electron chi connectivity index (χ1n) is 41.0. The number of likely N-dealkylation sites (tertiary alicyclic amines) is 3. The van der Waals surface area contributed by atoms with Gasteiger partial charge in [-0.25, -0.2) is 8.78 Å². The Balaban J connectivity index is 0.000000147. The van der Waals surface area contributed by atoms with Crippen molar-refractivity contribution in [1.29, 1.82) is 0 Å². The van der Waals surface area contributed by atoms with E-state index in [1.54, 1.807) is 39.8 Å². The normalized spacial score (nSPS) is 16.6. The van der Waals surface area contributed by atoms with Gasteiger partial charge in [0.05, 0.1) is 43.8 Å². The van der Waals surface area contributed by atoms with E-state index in [0.717, 1.165) is 110 Å². The van der Waals surface area contributed by atoms with Crippen LogP contribution in [0, 0.1) is 39.3 Å². The number of thiophene rings is 2. The van der Waals surface area contributed by atoms with Gasteiger partial charge in [-0.05, 0) is 308 Å². The fourth-order valence-corrected chi connectivity index (χ4v) is 17.6. The van der Waals surface area contributed by atoms with Crippen LogP contribution in [-0.4, -0.2) is 152 Å². The van der Waals surface area contributed by atoms with Crippen LogP contribution in [0.15, 0.2) is 194 Å². The molecule has 16 rings (SSSR count). The van der Waals surface area contributed by atoms with Crippen molar-refractivity contribution in [2.24, 2.45) is 0 Å². The third-order valence-corrected chi connectivity index (χ3v) is 25.8. The Kier molecular flexibility index (Phi) is 30.0. The molecule has 0 amide bonds. The number of aryl methyl sites for hydroxylation is 4. The molecule has 0 bridgehead atoms. The Morgan fingerprint density at radius 2 is 0.788 bits per heavy atom. The fourth-order valence-electron chi connectivity index (χ4n) is 14.9. The lowest BCUT2D eigenvalue weighted by molar-refractivity contribution is 0.00578. The fraction of sp³-hybridized carbons (Fsp3) is 0.375. The second kappa shape index (κ2) is 40.1. The van der Waals surface area contributed by atoms with E-state index < -0.39 is 0 Å². The van der Waals surface area contributed by atoms with Gasteiger partial charge in [-0.1, -0.05) is 109 Å². The van der Waals surface area contributed by atoms with Crippen LogP contribution in [0.25, 0.3) is 31.3 Å². The van der Waals surface area contributed by atoms with Crippen molar-refractivity contribution >= 4 is 91.2 Å². The van der Waals surface area contributed by atoms with Gasteiger partial charge in [-0.2, -0.15) is 0 Å². The molecule has 5 fully saturated rings. The van der Waals surface area contributed by atoms with Crippen molar-refractivity contribution in [1.82, 2.24) is 14.7 Å². The molecule has 0 unspecified atom stereocenters. The van der Waals surface area contributed by atoms with E-state index in [1.807, 2.05) is 185 Å². The van der Waals surface area contributed by atoms with Crippen molar-refractivity contribution in [2.45, 2.75) is 157 Å². The molecular formula is C96H110B2ClF2N3O12S2. The first-order valence-corrected chi connectivity index (χ1v) is 43.0. The summed E-state index contributed by atoms with van der Waals surface area (Å²) >= 11 is 9.32. The van der Waals surface area contributed by atoms with Crippen molar-refractivity contribution in [3.05, 3.63) is 265 Å². The molecule has 118 heavy (non-hydrogen) atoms. The number of carbonyl (C=O) groups excluding carboxylic acids is 2. The molecule has 0 spiro atoms. The number of aliphatic hydroxyl groups excluding tert-OH is 1. The molecule has 5 aliphatic heterocycles. The number of phenolic OH excluding ortho intramolecular Hbond substituents is 1. The van der Waals surface area contributed by atoms with Crippen molar-refractivity contribution in [3.63, 3.8) is 0 Å². The molecule has 2 N–H and O–H groups in total. The van der Waals surface area contributed by atoms with E-state index >= 15 is 0 Å². The van der Waals surface area contributed by atoms with Crippen LogP contribution in [0.5, 0.6) is 28.7 Å². The number of hydrogen-bond acceptors (Lipinski definition) is 17. The van der Waals surface area contributed by atoms with Crippen molar-refractivity contribution < 1.29 is 66.1 Å². The summed E-state index contributed by atoms with van der Waals surface area (Å²) in [6.07, 6.45) is 7.81. The summed E-state index contributed by atoms with van der Waals surface area (Å²) in [5, 5.41) is 19.9. The van der Waals surface area contributed by atoms with E-state index in [2.05, 4.69) is 42.4 Å². The van der Waals surface area contributed by atoms with E-state index in [0.29, 0.717) is 80.3 Å². The topological polar surface area (TPSA) is 158 Å². The van der Waals surface area contributed by atoms with Gasteiger partial charge in [-0.3, -0.25) is 19.4 Å². The van der Waals surface area contributed by atoms with Crippen LogP contribution in [-0.2, 0) is 31.8 Å². The molecule has 5 saturated heterocycles. The van der Waals surface area contributed by atoms with Crippen LogP contribution in [0.4, 0.5) is 8.78 Å². The number of fused-ring (bicyclic) bond motifs is 2. The maximum absolute atomic E-state index is 14.1. The standard InChI is InChI=1S/C36H34FNO3S.C24H18ClFO2S.C18H28BNO3.C12H17BO3.C6H13NO/c1-24-20-28(37)21-25(2)33(24)35(39)36-34(27-10-12-29(13-11-27)40-19-18-38-16-6-7-17-38)31-15-14-30(22-32(31)42-36)41-23-26-8-4-3-5-9-26;1-14-10-17(26)11-15(2)21(14)23(27)24-22(25)19-9-8-18(12-20(19)29-24)28-13-16-6-4-3-5-7-16;1-17(2)18(3,4)23-19(22-17)15-7-9-16(10-8-15)21-14-13-20-11-5-6-12-20;1-11(2)12(3,4)16-13(15-11)9-5-7-10(14)8-6-9;8-6-5-7-3-1-2-4-7/h3-5,8-15,20-22H,6-7,16-19,23H2,1-2H3;3-12H,13H2,1-2H3;7-10H,5-6,11-14H2,1-4H3;5-8,14H,1-4H3;8H,1-6H2. The second-order valence-electron chi connectivity index (χ2n) is 32.8. The lowest BCUT2D eigenvalue weighted by Crippen LogP contribution is -2.41. The molecule has 11 aromatic rings. The molecule has 15 nitrogen and oxygen atoms in total. The van der Waals surface area contributed by atoms with Gasteiger partial charge in [0.25, 0.3) is 0 Å². The molecule has 0 saturated carbocycles. The molecule has 0 aliphatic carbocycles. The number of benzene rings is 9. The summed E-state index contributed by atoms with van der Waals surface area (Å²) in [7, 11) is -0.663. The molecule has 5 aliphatic rings. The minimum atomic E-state index is -0.356. The van der Waals surface area contributed by atoms with E-state index in [-0.39, 0.29) is 65.6 Å². The predicted molar refractivity (Wildman–Crippen MR) is 475 cm³/mol. The van der Waals surface area contributed by atoms with E-state index in [9.17, 15) is 23.5 Å². The lowest BCUT2D eigenvalue weighted by atomic mass is 9.79. The number of β-amino-alcohol motifs (C(OH)–C–C–N with tert-alkyl or cyclic N) is 1. The van der Waals surface area contributed by atoms with Gasteiger partial charge in [0.1, 0.15) is 66.8 Å². The molecule has 9 aromatic carbocycles. The summed E-state index contributed by atoms with van der Waals surface area (Å²) in [5.41, 5.74) is 8.22. The Morgan fingerprint density at radius 1 is 0.441 bits per heavy atom. The van der Waals surface area contributed by atoms with E-state index in [1.165, 1.54) is 112 Å². The number of nitrogens with zero attached hydrogens (tertiary/aromatic N) is 3. The molecule has 7 heterocycles.